The molecule has 2 aromatic rings. The van der Waals surface area contributed by atoms with E-state index in [-0.39, 0.29) is 22.6 Å². The highest BCUT2D eigenvalue weighted by molar-refractivity contribution is 7.66. The van der Waals surface area contributed by atoms with Gasteiger partial charge in [-0.1, -0.05) is 6.58 Å². The van der Waals surface area contributed by atoms with Crippen LogP contribution in [0.1, 0.15) is 13.2 Å². The molecule has 0 radical (unpaired) electrons. The summed E-state index contributed by atoms with van der Waals surface area (Å²) >= 11 is 0. The van der Waals surface area contributed by atoms with Gasteiger partial charge in [-0.2, -0.15) is 8.62 Å². The number of rotatable bonds is 9. The van der Waals surface area contributed by atoms with Crippen LogP contribution in [0.5, 0.6) is 0 Å². The molecule has 0 amide bonds. The van der Waals surface area contributed by atoms with Crippen LogP contribution < -0.4 is 5.73 Å². The van der Waals surface area contributed by atoms with Crippen LogP contribution in [0.3, 0.4) is 0 Å². The summed E-state index contributed by atoms with van der Waals surface area (Å²) in [5.74, 6) is -3.58. The van der Waals surface area contributed by atoms with Crippen LogP contribution in [-0.4, -0.2) is 73.5 Å². The third kappa shape index (κ3) is 5.52. The molecule has 0 spiro atoms. The highest BCUT2D eigenvalue weighted by Gasteiger charge is 2.66. The zero-order chi connectivity index (χ0) is 26.6. The maximum absolute atomic E-state index is 15.7. The number of aliphatic hydroxyl groups is 2. The Labute approximate surface area is 194 Å². The molecule has 196 valence electrons. The van der Waals surface area contributed by atoms with Crippen molar-refractivity contribution in [2.45, 2.75) is 30.7 Å². The number of phosphoric ester groups is 1. The number of imidazole rings is 1. The van der Waals surface area contributed by atoms with E-state index in [4.69, 9.17) is 20.3 Å². The minimum Gasteiger partial charge on any atom is -0.383 e. The van der Waals surface area contributed by atoms with Crippen LogP contribution in [0.4, 0.5) is 10.2 Å². The Morgan fingerprint density at radius 2 is 1.86 bits per heavy atom. The van der Waals surface area contributed by atoms with E-state index in [0.29, 0.717) is 0 Å². The SMILES string of the molecule is C=C(C)[C@]1(O)[C@H](n2cnc3c(N)ncnc32)O[C@](F)(COP(=O)(O)OP(=O)(O)OP(=O)(O)O)[C@H]1O. The molecule has 6 atom stereocenters. The Kier molecular flexibility index (Phi) is 7.18. The minimum absolute atomic E-state index is 0.0271. The van der Waals surface area contributed by atoms with Crippen molar-refractivity contribution in [2.75, 3.05) is 12.3 Å². The van der Waals surface area contributed by atoms with Gasteiger partial charge in [0.05, 0.1) is 6.33 Å². The fourth-order valence-electron chi connectivity index (χ4n) is 3.14. The number of nitrogens with zero attached hydrogens (tertiary/aromatic N) is 4. The van der Waals surface area contributed by atoms with Crippen molar-refractivity contribution in [1.82, 2.24) is 19.5 Å². The molecule has 2 unspecified atom stereocenters. The summed E-state index contributed by atoms with van der Waals surface area (Å²) in [6.07, 6.45) is -2.36. The second-order valence-corrected chi connectivity index (χ2v) is 11.6. The third-order valence-corrected chi connectivity index (χ3v) is 8.46. The highest BCUT2D eigenvalue weighted by Crippen LogP contribution is 2.66. The standard InChI is InChI=1S/C13H19FN5O13P3/c1-6(2)13(21)10(20)12(14,3-29-34(25,26)32-35(27,28)31-33(22,23)24)30-11(13)19-5-18-7-8(15)16-4-17-9(7)19/h4-5,10-11,20-21H,1,3H2,2H3,(H,25,26)(H,27,28)(H2,15,16,17)(H2,22,23,24)/t10-,11-,12-,13-/m1/s1. The predicted molar refractivity (Wildman–Crippen MR) is 109 cm³/mol. The van der Waals surface area contributed by atoms with Crippen LogP contribution in [0, 0.1) is 0 Å². The largest absolute Gasteiger partial charge is 0.490 e. The van der Waals surface area contributed by atoms with Crippen LogP contribution in [0.15, 0.2) is 24.8 Å². The summed E-state index contributed by atoms with van der Waals surface area (Å²) < 4.78 is 67.1. The zero-order valence-electron chi connectivity index (χ0n) is 17.4. The molecule has 1 aliphatic rings. The summed E-state index contributed by atoms with van der Waals surface area (Å²) in [6.45, 7) is 2.99. The van der Waals surface area contributed by atoms with Crippen LogP contribution in [-0.2, 0) is 31.6 Å². The lowest BCUT2D eigenvalue weighted by atomic mass is 9.87. The van der Waals surface area contributed by atoms with Crippen molar-refractivity contribution in [3.05, 3.63) is 24.8 Å². The van der Waals surface area contributed by atoms with Gasteiger partial charge in [-0.15, -0.1) is 0 Å². The second kappa shape index (κ2) is 9.00. The number of anilines is 1. The van der Waals surface area contributed by atoms with Crippen molar-refractivity contribution < 1.29 is 65.8 Å². The van der Waals surface area contributed by atoms with Gasteiger partial charge in [0, 0.05) is 0 Å². The highest BCUT2D eigenvalue weighted by atomic mass is 31.3. The maximum atomic E-state index is 15.7. The van der Waals surface area contributed by atoms with E-state index in [1.165, 1.54) is 6.92 Å². The Morgan fingerprint density at radius 3 is 2.43 bits per heavy atom. The Balaban J connectivity index is 1.90. The van der Waals surface area contributed by atoms with Gasteiger partial charge in [-0.3, -0.25) is 9.09 Å². The predicted octanol–water partition coefficient (Wildman–Crippen LogP) is -0.386. The van der Waals surface area contributed by atoms with Crippen LogP contribution >= 0.6 is 23.5 Å². The van der Waals surface area contributed by atoms with Gasteiger partial charge in [0.2, 0.25) is 0 Å². The van der Waals surface area contributed by atoms with E-state index in [1.54, 1.807) is 0 Å². The number of fused-ring (bicyclic) bond motifs is 1. The number of nitrogens with two attached hydrogens (primary N) is 1. The van der Waals surface area contributed by atoms with E-state index in [0.717, 1.165) is 17.2 Å². The lowest BCUT2D eigenvalue weighted by Gasteiger charge is -2.32. The molecular weight excluding hydrogens is 546 g/mol. The number of aliphatic hydroxyl groups excluding tert-OH is 1. The van der Waals surface area contributed by atoms with Gasteiger partial charge in [0.15, 0.2) is 29.4 Å². The number of ether oxygens (including phenoxy) is 1. The van der Waals surface area contributed by atoms with E-state index < -0.39 is 53.9 Å². The first kappa shape index (κ1) is 27.9. The fourth-order valence-corrected chi connectivity index (χ4v) is 6.18. The molecule has 0 bridgehead atoms. The van der Waals surface area contributed by atoms with Crippen molar-refractivity contribution in [3.63, 3.8) is 0 Å². The molecule has 1 aliphatic heterocycles. The summed E-state index contributed by atoms with van der Waals surface area (Å²) in [5, 5.41) is 21.7. The fraction of sp³-hybridized carbons (Fsp3) is 0.462. The van der Waals surface area contributed by atoms with Gasteiger partial charge in [0.25, 0.3) is 5.85 Å². The van der Waals surface area contributed by atoms with Gasteiger partial charge in [-0.05, 0) is 12.5 Å². The monoisotopic (exact) mass is 565 g/mol. The van der Waals surface area contributed by atoms with E-state index in [1.807, 2.05) is 0 Å². The van der Waals surface area contributed by atoms with Crippen molar-refractivity contribution in [2.24, 2.45) is 0 Å². The molecule has 0 aromatic carbocycles. The van der Waals surface area contributed by atoms with Crippen LogP contribution in [0.25, 0.3) is 11.2 Å². The molecule has 8 N–H and O–H groups in total. The topological polar surface area (TPSA) is 279 Å². The number of alkyl halides is 1. The normalized spacial score (nSPS) is 30.7. The molecule has 0 aliphatic carbocycles. The average molecular weight is 565 g/mol. The zero-order valence-corrected chi connectivity index (χ0v) is 20.0. The molecule has 0 saturated carbocycles. The summed E-state index contributed by atoms with van der Waals surface area (Å²) in [5.41, 5.74) is 2.80. The van der Waals surface area contributed by atoms with Crippen molar-refractivity contribution >= 4 is 40.4 Å². The number of nitrogen functional groups attached to an aromatic ring is 1. The first-order chi connectivity index (χ1) is 15.8. The average Bonchev–Trinajstić information content (AvgIpc) is 3.19. The first-order valence-electron chi connectivity index (χ1n) is 8.96. The number of hydrogen-bond donors (Lipinski definition) is 7. The smallest absolute Gasteiger partial charge is 0.383 e. The van der Waals surface area contributed by atoms with Gasteiger partial charge < -0.3 is 40.3 Å². The number of aromatic nitrogens is 4. The second-order valence-electron chi connectivity index (χ2n) is 7.21. The van der Waals surface area contributed by atoms with Crippen molar-refractivity contribution in [1.29, 1.82) is 0 Å². The molecular formula is C13H19FN5O13P3. The molecule has 1 fully saturated rings. The molecule has 18 nitrogen and oxygen atoms in total. The van der Waals surface area contributed by atoms with E-state index >= 15 is 4.39 Å². The molecule has 3 heterocycles. The number of phosphoric acid groups is 3. The van der Waals surface area contributed by atoms with Crippen molar-refractivity contribution in [3.8, 4) is 0 Å². The molecule has 22 heteroatoms. The lowest BCUT2D eigenvalue weighted by Crippen LogP contribution is -2.51. The van der Waals surface area contributed by atoms with Crippen LogP contribution in [0.2, 0.25) is 0 Å². The van der Waals surface area contributed by atoms with Gasteiger partial charge in [0.1, 0.15) is 18.5 Å². The Morgan fingerprint density at radius 1 is 1.23 bits per heavy atom. The van der Waals surface area contributed by atoms with E-state index in [2.05, 4.69) is 34.7 Å². The Hall–Kier alpha value is -1.69. The Bertz CT molecular complexity index is 1300. The molecule has 3 rings (SSSR count). The lowest BCUT2D eigenvalue weighted by molar-refractivity contribution is -0.203. The molecule has 35 heavy (non-hydrogen) atoms. The molecule has 2 aromatic heterocycles. The molecule has 1 saturated heterocycles. The quantitative estimate of drug-likeness (QED) is 0.151. The number of halogens is 1. The first-order valence-corrected chi connectivity index (χ1v) is 13.5. The summed E-state index contributed by atoms with van der Waals surface area (Å²) in [4.78, 5) is 47.4. The number of hydrogen-bond acceptors (Lipinski definition) is 13. The maximum Gasteiger partial charge on any atom is 0.490 e. The summed E-state index contributed by atoms with van der Waals surface area (Å²) in [7, 11) is -17.3. The minimum atomic E-state index is -5.89. The third-order valence-electron chi connectivity index (χ3n) is 4.67. The summed E-state index contributed by atoms with van der Waals surface area (Å²) in [6, 6.07) is 0. The van der Waals surface area contributed by atoms with E-state index in [9.17, 15) is 33.7 Å². The van der Waals surface area contributed by atoms with Gasteiger partial charge in [-0.25, -0.2) is 33.0 Å². The van der Waals surface area contributed by atoms with Gasteiger partial charge >= 0.3 is 23.5 Å².